The van der Waals surface area contributed by atoms with Gasteiger partial charge in [-0.3, -0.25) is 14.4 Å². The van der Waals surface area contributed by atoms with Crippen molar-refractivity contribution >= 4 is 90.6 Å². The number of halogens is 19. The predicted octanol–water partition coefficient (Wildman–Crippen LogP) is 15.5. The Hall–Kier alpha value is -6.16. The smallest absolute Gasteiger partial charge is 0.432 e. The van der Waals surface area contributed by atoms with Gasteiger partial charge >= 0.3 is 79.4 Å². The molecule has 20 saturated carbocycles. The zero-order valence-corrected chi connectivity index (χ0v) is 81.1. The molecule has 0 amide bonds. The molecule has 814 valence electrons. The summed E-state index contributed by atoms with van der Waals surface area (Å²) in [7, 11) is -37.4. The van der Waals surface area contributed by atoms with Crippen LogP contribution in [0, 0.1) is 117 Å². The monoisotopic (exact) mass is 2200 g/mol. The van der Waals surface area contributed by atoms with Crippen LogP contribution in [0.5, 0.6) is 0 Å². The molecule has 0 spiro atoms. The number of esters is 5. The van der Waals surface area contributed by atoms with Crippen molar-refractivity contribution < 1.29 is 218 Å². The molecule has 30 nitrogen and oxygen atoms in total. The highest BCUT2D eigenvalue weighted by atomic mass is 32.2. The highest BCUT2D eigenvalue weighted by molar-refractivity contribution is 7.88. The average molecular weight is 2210 g/mol. The van der Waals surface area contributed by atoms with Gasteiger partial charge in [0.2, 0.25) is 5.79 Å². The van der Waals surface area contributed by atoms with Crippen LogP contribution in [0.15, 0.2) is 60.7 Å². The maximum Gasteiger partial charge on any atom is 0.432 e. The van der Waals surface area contributed by atoms with E-state index in [0.717, 1.165) is 96.3 Å². The first kappa shape index (κ1) is 112. The van der Waals surface area contributed by atoms with Crippen LogP contribution in [-0.2, 0) is 124 Å². The second-order valence-corrected chi connectivity index (χ2v) is 52.7. The van der Waals surface area contributed by atoms with E-state index in [4.69, 9.17) is 28.4 Å². The Morgan fingerprint density at radius 2 is 0.764 bits per heavy atom. The standard InChI is InChI=1S/C22H20F4O5S.C17H24F4O5S.C14H17F5O5S.C12H14F2O7S.C12H16F2O5S.C12H18F2O3S/c23-21(24,22(25,26)32(27,28)29)17-12-13-11-16(17)19-18(13)30-20(31-19,14-7-3-1-4-8-14)15-9-5-2-6-10-15;18-16(19,17(20,21)27(23,24)25)3-1-2-4-26-14(22)15-8-11-5-12(9-15)7-13(6-11)10-15;15-13(16,17)10(14(18,19)25(21,22)23)24-11(20)12-4-7-1-8(5-12)3-9(2-7)6-12;13-12(14,22(17,18)19)10(16)21-11-3-6-1-7(4-11)9(15)20-8(2-6)5-11;13-12(14,20(16,17)18)10(15)19-11-4-7-1-8(5-11)3-9(2-7)6-11;13-12(14,18(15,16)17)7-11-4-8-1-9(5-11)3-10(2-8)6-11/h1-10,13,16-19H,11-12H2,(H,27,28,29);11-13H,1-10H2,(H,23,24,25);7-10H,1-6H2,(H,21,22,23);6-8H,1-5H2,(H,17,18,19);7-9H,1-6H2,(H,16,17,18);8-10H,1-7H2,(H,15,16,17)/p-6. The van der Waals surface area contributed by atoms with Crippen LogP contribution >= 0.6 is 0 Å². The molecule has 22 bridgehead atoms. The van der Waals surface area contributed by atoms with Gasteiger partial charge in [-0.1, -0.05) is 60.7 Å². The minimum Gasteiger partial charge on any atom is -0.743 e. The normalized spacial score (nSPS) is 36.3. The van der Waals surface area contributed by atoms with Crippen LogP contribution in [0.25, 0.3) is 0 Å². The van der Waals surface area contributed by atoms with Crippen LogP contribution in [-0.4, -0.2) is 199 Å². The fourth-order valence-electron chi connectivity index (χ4n) is 29.4. The number of ether oxygens (including phenoxy) is 7. The van der Waals surface area contributed by atoms with E-state index >= 15 is 0 Å². The molecular formula is C89H103F19O30S6-6. The number of benzene rings is 2. The third-order valence-corrected chi connectivity index (χ3v) is 38.6. The van der Waals surface area contributed by atoms with Gasteiger partial charge in [0.15, 0.2) is 60.7 Å². The van der Waals surface area contributed by atoms with E-state index in [-0.39, 0.29) is 94.0 Å². The lowest BCUT2D eigenvalue weighted by atomic mass is 9.49. The highest BCUT2D eigenvalue weighted by Gasteiger charge is 2.75. The lowest BCUT2D eigenvalue weighted by molar-refractivity contribution is -0.266. The summed E-state index contributed by atoms with van der Waals surface area (Å²) in [5.41, 5.74) is -3.47. The molecule has 144 heavy (non-hydrogen) atoms. The van der Waals surface area contributed by atoms with Gasteiger partial charge in [-0.15, -0.1) is 0 Å². The van der Waals surface area contributed by atoms with Crippen LogP contribution in [0.2, 0.25) is 0 Å². The first-order valence-electron chi connectivity index (χ1n) is 47.3. The second-order valence-electron chi connectivity index (χ2n) is 44.0. The van der Waals surface area contributed by atoms with E-state index in [1.54, 1.807) is 60.7 Å². The van der Waals surface area contributed by atoms with E-state index in [2.05, 4.69) is 4.74 Å². The van der Waals surface area contributed by atoms with E-state index < -0.39 is 235 Å². The molecule has 2 aromatic carbocycles. The zero-order valence-electron chi connectivity index (χ0n) is 76.2. The van der Waals surface area contributed by atoms with Gasteiger partial charge in [0.1, 0.15) is 17.3 Å². The molecule has 3 aliphatic heterocycles. The maximum absolute atomic E-state index is 14.7. The van der Waals surface area contributed by atoms with Crippen LogP contribution < -0.4 is 0 Å². The summed E-state index contributed by atoms with van der Waals surface area (Å²) in [4.78, 5) is 59.7. The number of fused-ring (bicyclic) bond motifs is 6. The summed E-state index contributed by atoms with van der Waals surface area (Å²) in [6.07, 6.45) is 5.10. The quantitative estimate of drug-likeness (QED) is 0.0277. The number of hydrogen-bond donors (Lipinski definition) is 0. The molecule has 23 fully saturated rings. The Balaban J connectivity index is 0.000000131. The van der Waals surface area contributed by atoms with Crippen molar-refractivity contribution in [2.75, 3.05) is 6.61 Å². The second kappa shape index (κ2) is 38.3. The van der Waals surface area contributed by atoms with Gasteiger partial charge in [-0.2, -0.15) is 83.4 Å². The van der Waals surface area contributed by atoms with Gasteiger partial charge in [-0.25, -0.2) is 60.1 Å². The summed E-state index contributed by atoms with van der Waals surface area (Å²) in [5.74, 6) is -17.9. The SMILES string of the molecule is O=C(OC(C(F)(F)F)C(F)(F)S(=O)(=O)[O-])C12CC3CC(CC(C3)C1)C2.O=C(OC12CC3CC(CC(C3)C1)C2)C(F)(F)S(=O)(=O)[O-].O=C(OCCCCC(F)(F)C(F)(F)S(=O)(=O)[O-])C12CC3CC(CC(C3)C1)C2.O=C1OC2CC3CC1CC(OC(=O)C(F)(F)S(=O)(=O)[O-])(C3)C2.O=S(=O)([O-])C(F)(F)C(F)(F)C1CC2CC1C1OC(c3ccccc3)(c3ccccc3)OC21.O=S(=O)([O-])C(F)(F)CC12CC3CC(CC(C3)C1)C2. The Bertz CT molecular complexity index is 5720. The zero-order chi connectivity index (χ0) is 106. The summed E-state index contributed by atoms with van der Waals surface area (Å²) in [6.45, 7) is -0.188. The van der Waals surface area contributed by atoms with E-state index in [0.29, 0.717) is 116 Å². The topological polar surface area (TPSA) is 493 Å². The highest BCUT2D eigenvalue weighted by Crippen LogP contribution is 2.69. The van der Waals surface area contributed by atoms with Crippen molar-refractivity contribution in [3.05, 3.63) is 71.8 Å². The van der Waals surface area contributed by atoms with Gasteiger partial charge in [-0.05, 0) is 293 Å². The van der Waals surface area contributed by atoms with Gasteiger partial charge in [0.05, 0.1) is 35.6 Å². The van der Waals surface area contributed by atoms with Crippen LogP contribution in [0.3, 0.4) is 0 Å². The number of carbonyl (C=O) groups is 5. The van der Waals surface area contributed by atoms with Crippen molar-refractivity contribution in [1.82, 2.24) is 0 Å². The number of alkyl halides is 19. The molecule has 55 heteroatoms. The molecule has 3 saturated heterocycles. The third-order valence-electron chi connectivity index (χ3n) is 33.4. The Kier molecular flexibility index (Phi) is 29.8. The maximum atomic E-state index is 14.7. The van der Waals surface area contributed by atoms with Crippen molar-refractivity contribution in [3.8, 4) is 0 Å². The summed E-state index contributed by atoms with van der Waals surface area (Å²) >= 11 is 0. The van der Waals surface area contributed by atoms with Gasteiger partial charge in [0.25, 0.3) is 6.10 Å². The van der Waals surface area contributed by atoms with Crippen LogP contribution in [0.4, 0.5) is 83.4 Å². The molecule has 0 radical (unpaired) electrons. The average Bonchev–Trinajstić information content (AvgIpc) is 1.53. The van der Waals surface area contributed by atoms with Crippen molar-refractivity contribution in [3.63, 3.8) is 0 Å². The Morgan fingerprint density at radius 3 is 1.14 bits per heavy atom. The summed E-state index contributed by atoms with van der Waals surface area (Å²) < 4.78 is 483. The molecule has 3 heterocycles. The lowest BCUT2D eigenvalue weighted by Crippen LogP contribution is -2.56. The minimum absolute atomic E-state index is 0.0135. The predicted molar refractivity (Wildman–Crippen MR) is 444 cm³/mol. The molecule has 0 aromatic heterocycles. The Labute approximate surface area is 815 Å². The number of rotatable bonds is 26. The molecule has 10 atom stereocenters. The van der Waals surface area contributed by atoms with Gasteiger partial charge in [0, 0.05) is 42.7 Å². The van der Waals surface area contributed by atoms with Crippen molar-refractivity contribution in [1.29, 1.82) is 0 Å². The van der Waals surface area contributed by atoms with E-state index in [1.165, 1.54) is 0 Å². The fraction of sp³-hybridized carbons (Fsp3) is 0.809. The minimum atomic E-state index is -6.67. The molecular weight excluding hydrogens is 2100 g/mol. The van der Waals surface area contributed by atoms with Crippen molar-refractivity contribution in [2.24, 2.45) is 117 Å². The number of carbonyl (C=O) groups excluding carboxylic acids is 5. The lowest BCUT2D eigenvalue weighted by Gasteiger charge is -2.57. The number of hydrogen-bond acceptors (Lipinski definition) is 30. The number of unbranched alkanes of at least 4 members (excludes halogenated alkanes) is 1. The molecule has 25 rings (SSSR count). The van der Waals surface area contributed by atoms with Crippen LogP contribution in [0.1, 0.15) is 236 Å². The molecule has 20 aliphatic carbocycles. The van der Waals surface area contributed by atoms with E-state index in [9.17, 15) is 185 Å². The molecule has 23 aliphatic rings. The third kappa shape index (κ3) is 21.6. The van der Waals surface area contributed by atoms with E-state index in [1.807, 2.05) is 0 Å². The largest absolute Gasteiger partial charge is 0.743 e. The molecule has 2 aromatic rings. The molecule has 10 unspecified atom stereocenters. The first-order chi connectivity index (χ1) is 65.9. The molecule has 0 N–H and O–H groups in total. The summed E-state index contributed by atoms with van der Waals surface area (Å²) in [5, 5.41) is -31.4. The summed E-state index contributed by atoms with van der Waals surface area (Å²) in [6, 6.07) is 17.7. The fourth-order valence-corrected chi connectivity index (χ4v) is 31.8. The first-order valence-corrected chi connectivity index (χ1v) is 55.7. The Morgan fingerprint density at radius 1 is 0.396 bits per heavy atom. The van der Waals surface area contributed by atoms with Crippen molar-refractivity contribution in [2.45, 2.75) is 316 Å². The van der Waals surface area contributed by atoms with Gasteiger partial charge < -0.3 is 60.5 Å².